The second-order valence-corrected chi connectivity index (χ2v) is 7.47. The molecule has 6 nitrogen and oxygen atoms in total. The van der Waals surface area contributed by atoms with Crippen molar-refractivity contribution in [3.8, 4) is 11.5 Å². The third kappa shape index (κ3) is 5.32. The lowest BCUT2D eigenvalue weighted by Crippen LogP contribution is -2.39. The van der Waals surface area contributed by atoms with E-state index in [1.807, 2.05) is 24.3 Å². The molecule has 2 aromatic rings. The molecule has 0 radical (unpaired) electrons. The fraction of sp³-hybridized carbons (Fsp3) is 0.417. The van der Waals surface area contributed by atoms with Crippen LogP contribution in [0.3, 0.4) is 0 Å². The van der Waals surface area contributed by atoms with Gasteiger partial charge in [-0.05, 0) is 61.4 Å². The van der Waals surface area contributed by atoms with Crippen LogP contribution in [-0.2, 0) is 27.2 Å². The summed E-state index contributed by atoms with van der Waals surface area (Å²) in [6.07, 6.45) is 2.79. The minimum absolute atomic E-state index is 0.0321. The van der Waals surface area contributed by atoms with Gasteiger partial charge < -0.3 is 19.5 Å². The van der Waals surface area contributed by atoms with Crippen LogP contribution in [0.1, 0.15) is 48.9 Å². The monoisotopic (exact) mass is 411 g/mol. The van der Waals surface area contributed by atoms with E-state index in [1.54, 1.807) is 27.2 Å². The average Bonchev–Trinajstić information content (AvgIpc) is 2.77. The quantitative estimate of drug-likeness (QED) is 0.670. The molecule has 1 aliphatic carbocycles. The van der Waals surface area contributed by atoms with Gasteiger partial charge in [0.05, 0.1) is 20.3 Å². The van der Waals surface area contributed by atoms with Crippen LogP contribution in [0.5, 0.6) is 11.5 Å². The molecule has 0 unspecified atom stereocenters. The summed E-state index contributed by atoms with van der Waals surface area (Å²) in [5.74, 6) is 0.579. The van der Waals surface area contributed by atoms with Crippen LogP contribution in [-0.4, -0.2) is 32.2 Å². The van der Waals surface area contributed by atoms with Crippen LogP contribution in [0.15, 0.2) is 42.5 Å². The van der Waals surface area contributed by atoms with Crippen molar-refractivity contribution < 1.29 is 23.8 Å². The Bertz CT molecular complexity index is 895. The van der Waals surface area contributed by atoms with Crippen molar-refractivity contribution in [3.63, 3.8) is 0 Å². The first-order valence-corrected chi connectivity index (χ1v) is 10.3. The lowest BCUT2D eigenvalue weighted by Gasteiger charge is -2.27. The molecule has 0 heterocycles. The molecule has 0 spiro atoms. The van der Waals surface area contributed by atoms with Crippen LogP contribution in [0.4, 0.5) is 0 Å². The molecule has 160 valence electrons. The van der Waals surface area contributed by atoms with Gasteiger partial charge in [-0.2, -0.15) is 0 Å². The van der Waals surface area contributed by atoms with Crippen molar-refractivity contribution in [2.24, 2.45) is 0 Å². The van der Waals surface area contributed by atoms with Gasteiger partial charge in [0, 0.05) is 6.42 Å². The highest BCUT2D eigenvalue weighted by Gasteiger charge is 2.25. The summed E-state index contributed by atoms with van der Waals surface area (Å²) in [5.41, 5.74) is 3.36. The number of esters is 1. The first-order chi connectivity index (χ1) is 14.5. The molecule has 0 aromatic heterocycles. The van der Waals surface area contributed by atoms with E-state index in [4.69, 9.17) is 14.2 Å². The Morgan fingerprint density at radius 2 is 1.87 bits per heavy atom. The SMILES string of the molecule is COc1ccc(CCC(=O)O[C@@H](C)C(=O)N[C@@H]2CCCc3ccccc32)cc1OC. The van der Waals surface area contributed by atoms with E-state index in [1.165, 1.54) is 5.56 Å². The molecule has 0 saturated carbocycles. The fourth-order valence-corrected chi connectivity index (χ4v) is 3.79. The number of nitrogens with one attached hydrogen (secondary N) is 1. The van der Waals surface area contributed by atoms with Gasteiger partial charge in [0.15, 0.2) is 17.6 Å². The fourth-order valence-electron chi connectivity index (χ4n) is 3.79. The van der Waals surface area contributed by atoms with Crippen molar-refractivity contribution in [3.05, 3.63) is 59.2 Å². The molecule has 0 saturated heterocycles. The van der Waals surface area contributed by atoms with E-state index in [-0.39, 0.29) is 18.4 Å². The maximum absolute atomic E-state index is 12.6. The van der Waals surface area contributed by atoms with E-state index >= 15 is 0 Å². The summed E-state index contributed by atoms with van der Waals surface area (Å²) in [7, 11) is 3.15. The van der Waals surface area contributed by atoms with Crippen LogP contribution in [0, 0.1) is 0 Å². The van der Waals surface area contributed by atoms with Gasteiger partial charge in [0.1, 0.15) is 0 Å². The zero-order valence-electron chi connectivity index (χ0n) is 17.8. The predicted octanol–water partition coefficient (Wildman–Crippen LogP) is 3.76. The summed E-state index contributed by atoms with van der Waals surface area (Å²) in [6.45, 7) is 1.61. The van der Waals surface area contributed by atoms with Gasteiger partial charge in [0.25, 0.3) is 5.91 Å². The molecule has 2 atom stereocenters. The van der Waals surface area contributed by atoms with E-state index in [0.29, 0.717) is 17.9 Å². The molecular weight excluding hydrogens is 382 g/mol. The van der Waals surface area contributed by atoms with Gasteiger partial charge in [-0.3, -0.25) is 9.59 Å². The maximum Gasteiger partial charge on any atom is 0.306 e. The summed E-state index contributed by atoms with van der Waals surface area (Å²) in [6, 6.07) is 13.7. The zero-order valence-corrected chi connectivity index (χ0v) is 17.8. The van der Waals surface area contributed by atoms with Gasteiger partial charge in [-0.1, -0.05) is 30.3 Å². The molecule has 0 bridgehead atoms. The number of rotatable bonds is 8. The molecule has 1 N–H and O–H groups in total. The highest BCUT2D eigenvalue weighted by Crippen LogP contribution is 2.30. The highest BCUT2D eigenvalue weighted by atomic mass is 16.5. The molecule has 0 aliphatic heterocycles. The van der Waals surface area contributed by atoms with Crippen LogP contribution in [0.25, 0.3) is 0 Å². The molecule has 1 aliphatic rings. The van der Waals surface area contributed by atoms with Crippen molar-refractivity contribution in [1.29, 1.82) is 0 Å². The number of hydrogen-bond donors (Lipinski definition) is 1. The van der Waals surface area contributed by atoms with Gasteiger partial charge in [0.2, 0.25) is 0 Å². The van der Waals surface area contributed by atoms with Crippen molar-refractivity contribution in [1.82, 2.24) is 5.32 Å². The summed E-state index contributed by atoms with van der Waals surface area (Å²) < 4.78 is 15.9. The molecule has 1 amide bonds. The zero-order chi connectivity index (χ0) is 21.5. The minimum Gasteiger partial charge on any atom is -0.493 e. The number of carbonyl (C=O) groups is 2. The molecular formula is C24H29NO5. The molecule has 2 aromatic carbocycles. The Kier molecular flexibility index (Phi) is 7.33. The Morgan fingerprint density at radius 3 is 2.63 bits per heavy atom. The number of carbonyl (C=O) groups excluding carboxylic acids is 2. The average molecular weight is 411 g/mol. The van der Waals surface area contributed by atoms with Gasteiger partial charge in [-0.25, -0.2) is 0 Å². The second-order valence-electron chi connectivity index (χ2n) is 7.47. The first-order valence-electron chi connectivity index (χ1n) is 10.3. The van der Waals surface area contributed by atoms with Crippen molar-refractivity contribution in [2.45, 2.75) is 51.2 Å². The van der Waals surface area contributed by atoms with Crippen LogP contribution in [0.2, 0.25) is 0 Å². The number of amides is 1. The maximum atomic E-state index is 12.6. The standard InChI is InChI=1S/C24H29NO5/c1-16(24(27)25-20-10-6-8-18-7-4-5-9-19(18)20)30-23(26)14-12-17-11-13-21(28-2)22(15-17)29-3/h4-5,7,9,11,13,15-16,20H,6,8,10,12,14H2,1-3H3,(H,25,27)/t16-,20+/m0/s1. The number of hydrogen-bond acceptors (Lipinski definition) is 5. The number of fused-ring (bicyclic) bond motifs is 1. The second kappa shape index (κ2) is 10.1. The summed E-state index contributed by atoms with van der Waals surface area (Å²) in [5, 5.41) is 3.04. The Hall–Kier alpha value is -3.02. The van der Waals surface area contributed by atoms with E-state index in [9.17, 15) is 9.59 Å². The predicted molar refractivity (Wildman–Crippen MR) is 114 cm³/mol. The lowest BCUT2D eigenvalue weighted by molar-refractivity contribution is -0.155. The highest BCUT2D eigenvalue weighted by molar-refractivity contribution is 5.83. The van der Waals surface area contributed by atoms with Crippen LogP contribution < -0.4 is 14.8 Å². The normalized spacial score (nSPS) is 16.2. The van der Waals surface area contributed by atoms with Crippen molar-refractivity contribution in [2.75, 3.05) is 14.2 Å². The number of ether oxygens (including phenoxy) is 3. The first kappa shape index (κ1) is 21.7. The minimum atomic E-state index is -0.836. The van der Waals surface area contributed by atoms with Gasteiger partial charge >= 0.3 is 5.97 Å². The summed E-state index contributed by atoms with van der Waals surface area (Å²) >= 11 is 0. The molecule has 30 heavy (non-hydrogen) atoms. The number of methoxy groups -OCH3 is 2. The Morgan fingerprint density at radius 1 is 1.10 bits per heavy atom. The Labute approximate surface area is 177 Å². The topological polar surface area (TPSA) is 73.9 Å². The van der Waals surface area contributed by atoms with Gasteiger partial charge in [-0.15, -0.1) is 0 Å². The third-order valence-corrected chi connectivity index (χ3v) is 5.43. The molecule has 0 fully saturated rings. The summed E-state index contributed by atoms with van der Waals surface area (Å²) in [4.78, 5) is 24.8. The third-order valence-electron chi connectivity index (χ3n) is 5.43. The number of benzene rings is 2. The molecule has 6 heteroatoms. The van der Waals surface area contributed by atoms with E-state index < -0.39 is 12.1 Å². The van der Waals surface area contributed by atoms with Crippen molar-refractivity contribution >= 4 is 11.9 Å². The molecule has 3 rings (SSSR count). The van der Waals surface area contributed by atoms with E-state index in [0.717, 1.165) is 30.4 Å². The van der Waals surface area contributed by atoms with Crippen LogP contribution >= 0.6 is 0 Å². The Balaban J connectivity index is 1.50. The van der Waals surface area contributed by atoms with E-state index in [2.05, 4.69) is 17.4 Å². The lowest BCUT2D eigenvalue weighted by atomic mass is 9.87. The largest absolute Gasteiger partial charge is 0.493 e. The number of aryl methyl sites for hydroxylation is 2. The smallest absolute Gasteiger partial charge is 0.306 e.